The third-order valence-electron chi connectivity index (χ3n) is 3.46. The van der Waals surface area contributed by atoms with Crippen molar-refractivity contribution in [1.82, 2.24) is 4.90 Å². The second-order valence-electron chi connectivity index (χ2n) is 5.45. The van der Waals surface area contributed by atoms with Crippen LogP contribution in [0.4, 0.5) is 5.69 Å². The lowest BCUT2D eigenvalue weighted by Gasteiger charge is -2.28. The van der Waals surface area contributed by atoms with E-state index in [1.54, 1.807) is 12.1 Å². The largest absolute Gasteiger partial charge is 0.493 e. The van der Waals surface area contributed by atoms with Gasteiger partial charge in [-0.05, 0) is 39.3 Å². The number of benzene rings is 1. The van der Waals surface area contributed by atoms with E-state index in [-0.39, 0.29) is 11.9 Å². The van der Waals surface area contributed by atoms with Gasteiger partial charge in [0.1, 0.15) is 11.3 Å². The van der Waals surface area contributed by atoms with Gasteiger partial charge in [-0.2, -0.15) is 0 Å². The van der Waals surface area contributed by atoms with Crippen LogP contribution in [0.25, 0.3) is 0 Å². The highest BCUT2D eigenvalue weighted by Gasteiger charge is 2.23. The van der Waals surface area contributed by atoms with Gasteiger partial charge in [-0.15, -0.1) is 0 Å². The summed E-state index contributed by atoms with van der Waals surface area (Å²) in [6.45, 7) is 9.39. The van der Waals surface area contributed by atoms with Gasteiger partial charge in [-0.3, -0.25) is 4.79 Å². The van der Waals surface area contributed by atoms with Gasteiger partial charge in [0, 0.05) is 18.3 Å². The molecule has 118 valence electrons. The van der Waals surface area contributed by atoms with E-state index >= 15 is 0 Å². The standard InChI is InChI=1S/C17H28N2O2/c1-5-7-8-12-19(13(3)4)17(20)16-14(18)10-9-11-15(16)21-6-2/h9-11,13H,5-8,12,18H2,1-4H3. The van der Waals surface area contributed by atoms with Crippen molar-refractivity contribution in [3.8, 4) is 5.75 Å². The van der Waals surface area contributed by atoms with Gasteiger partial charge < -0.3 is 15.4 Å². The zero-order chi connectivity index (χ0) is 15.8. The van der Waals surface area contributed by atoms with Crippen LogP contribution in [-0.4, -0.2) is 30.0 Å². The molecule has 0 heterocycles. The third kappa shape index (κ3) is 4.66. The lowest BCUT2D eigenvalue weighted by molar-refractivity contribution is 0.0699. The van der Waals surface area contributed by atoms with Gasteiger partial charge >= 0.3 is 0 Å². The molecule has 0 aliphatic carbocycles. The monoisotopic (exact) mass is 292 g/mol. The smallest absolute Gasteiger partial charge is 0.259 e. The summed E-state index contributed by atoms with van der Waals surface area (Å²) in [5, 5.41) is 0. The Morgan fingerprint density at radius 1 is 1.29 bits per heavy atom. The highest BCUT2D eigenvalue weighted by atomic mass is 16.5. The summed E-state index contributed by atoms with van der Waals surface area (Å²) in [4.78, 5) is 14.7. The Balaban J connectivity index is 3.02. The van der Waals surface area contributed by atoms with Crippen LogP contribution in [0.3, 0.4) is 0 Å². The van der Waals surface area contributed by atoms with E-state index in [9.17, 15) is 4.79 Å². The number of nitrogens with two attached hydrogens (primary N) is 1. The van der Waals surface area contributed by atoms with E-state index in [2.05, 4.69) is 6.92 Å². The molecule has 0 saturated heterocycles. The first-order valence-electron chi connectivity index (χ1n) is 7.85. The molecule has 0 saturated carbocycles. The molecule has 0 bridgehead atoms. The van der Waals surface area contributed by atoms with Crippen molar-refractivity contribution in [3.63, 3.8) is 0 Å². The van der Waals surface area contributed by atoms with Crippen LogP contribution < -0.4 is 10.5 Å². The van der Waals surface area contributed by atoms with Crippen molar-refractivity contribution >= 4 is 11.6 Å². The zero-order valence-electron chi connectivity index (χ0n) is 13.7. The average molecular weight is 292 g/mol. The summed E-state index contributed by atoms with van der Waals surface area (Å²) in [6, 6.07) is 5.51. The van der Waals surface area contributed by atoms with Gasteiger partial charge in [0.2, 0.25) is 0 Å². The summed E-state index contributed by atoms with van der Waals surface area (Å²) in [5.74, 6) is 0.534. The maximum Gasteiger partial charge on any atom is 0.259 e. The maximum absolute atomic E-state index is 12.9. The predicted molar refractivity (Wildman–Crippen MR) is 87.7 cm³/mol. The van der Waals surface area contributed by atoms with Gasteiger partial charge in [0.15, 0.2) is 0 Å². The third-order valence-corrected chi connectivity index (χ3v) is 3.46. The molecular formula is C17H28N2O2. The molecule has 4 heteroatoms. The minimum atomic E-state index is -0.0392. The molecule has 0 spiro atoms. The highest BCUT2D eigenvalue weighted by Crippen LogP contribution is 2.27. The quantitative estimate of drug-likeness (QED) is 0.587. The van der Waals surface area contributed by atoms with Crippen LogP contribution in [0, 0.1) is 0 Å². The van der Waals surface area contributed by atoms with E-state index in [1.165, 1.54) is 0 Å². The zero-order valence-corrected chi connectivity index (χ0v) is 13.7. The van der Waals surface area contributed by atoms with Gasteiger partial charge in [0.05, 0.1) is 6.61 Å². The molecule has 0 unspecified atom stereocenters. The number of hydrogen-bond donors (Lipinski definition) is 1. The Kier molecular flexibility index (Phi) is 7.06. The van der Waals surface area contributed by atoms with Crippen molar-refractivity contribution < 1.29 is 9.53 Å². The van der Waals surface area contributed by atoms with Crippen molar-refractivity contribution in [3.05, 3.63) is 23.8 Å². The molecule has 1 rings (SSSR count). The van der Waals surface area contributed by atoms with Crippen LogP contribution in [0.2, 0.25) is 0 Å². The van der Waals surface area contributed by atoms with Crippen molar-refractivity contribution in [1.29, 1.82) is 0 Å². The Labute approximate surface area is 128 Å². The summed E-state index contributed by atoms with van der Waals surface area (Å²) < 4.78 is 5.57. The molecule has 2 N–H and O–H groups in total. The van der Waals surface area contributed by atoms with E-state index in [0.717, 1.165) is 25.8 Å². The number of hydrogen-bond acceptors (Lipinski definition) is 3. The summed E-state index contributed by atoms with van der Waals surface area (Å²) in [7, 11) is 0. The number of unbranched alkanes of at least 4 members (excludes halogenated alkanes) is 2. The molecule has 4 nitrogen and oxygen atoms in total. The van der Waals surface area contributed by atoms with Crippen LogP contribution >= 0.6 is 0 Å². The number of amides is 1. The van der Waals surface area contributed by atoms with Crippen molar-refractivity contribution in [2.75, 3.05) is 18.9 Å². The Hall–Kier alpha value is -1.71. The predicted octanol–water partition coefficient (Wildman–Crippen LogP) is 3.71. The number of carbonyl (C=O) groups excluding carboxylic acids is 1. The second-order valence-corrected chi connectivity index (χ2v) is 5.45. The maximum atomic E-state index is 12.9. The molecular weight excluding hydrogens is 264 g/mol. The number of nitrogen functional groups attached to an aromatic ring is 1. The van der Waals surface area contributed by atoms with E-state index in [1.807, 2.05) is 31.7 Å². The Morgan fingerprint density at radius 3 is 2.57 bits per heavy atom. The van der Waals surface area contributed by atoms with Crippen LogP contribution in [0.5, 0.6) is 5.75 Å². The van der Waals surface area contributed by atoms with E-state index in [4.69, 9.17) is 10.5 Å². The average Bonchev–Trinajstić information content (AvgIpc) is 2.43. The fraction of sp³-hybridized carbons (Fsp3) is 0.588. The Morgan fingerprint density at radius 2 is 2.00 bits per heavy atom. The first-order valence-corrected chi connectivity index (χ1v) is 7.85. The van der Waals surface area contributed by atoms with Crippen LogP contribution in [-0.2, 0) is 0 Å². The van der Waals surface area contributed by atoms with Crippen LogP contribution in [0.1, 0.15) is 57.3 Å². The lowest BCUT2D eigenvalue weighted by Crippen LogP contribution is -2.38. The molecule has 0 atom stereocenters. The minimum absolute atomic E-state index is 0.0392. The van der Waals surface area contributed by atoms with Gasteiger partial charge in [0.25, 0.3) is 5.91 Å². The molecule has 1 amide bonds. The topological polar surface area (TPSA) is 55.6 Å². The van der Waals surface area contributed by atoms with Crippen molar-refractivity contribution in [2.24, 2.45) is 0 Å². The molecule has 21 heavy (non-hydrogen) atoms. The molecule has 1 aromatic rings. The SMILES string of the molecule is CCCCCN(C(=O)c1c(N)cccc1OCC)C(C)C. The fourth-order valence-electron chi connectivity index (χ4n) is 2.32. The fourth-order valence-corrected chi connectivity index (χ4v) is 2.32. The molecule has 0 aliphatic heterocycles. The second kappa shape index (κ2) is 8.55. The van der Waals surface area contributed by atoms with Gasteiger partial charge in [-0.25, -0.2) is 0 Å². The molecule has 1 aromatic carbocycles. The number of nitrogens with zero attached hydrogens (tertiary/aromatic N) is 1. The highest BCUT2D eigenvalue weighted by molar-refractivity contribution is 6.02. The normalized spacial score (nSPS) is 10.7. The molecule has 0 radical (unpaired) electrons. The van der Waals surface area contributed by atoms with E-state index < -0.39 is 0 Å². The first-order chi connectivity index (χ1) is 10.0. The first kappa shape index (κ1) is 17.3. The number of rotatable bonds is 8. The Bertz CT molecular complexity index is 458. The van der Waals surface area contributed by atoms with Gasteiger partial charge in [-0.1, -0.05) is 25.8 Å². The van der Waals surface area contributed by atoms with Crippen LogP contribution in [0.15, 0.2) is 18.2 Å². The van der Waals surface area contributed by atoms with E-state index in [0.29, 0.717) is 23.6 Å². The summed E-state index contributed by atoms with van der Waals surface area (Å²) >= 11 is 0. The minimum Gasteiger partial charge on any atom is -0.493 e. The summed E-state index contributed by atoms with van der Waals surface area (Å²) in [6.07, 6.45) is 3.27. The molecule has 0 aromatic heterocycles. The lowest BCUT2D eigenvalue weighted by atomic mass is 10.1. The molecule has 0 aliphatic rings. The van der Waals surface area contributed by atoms with Crippen molar-refractivity contribution in [2.45, 2.75) is 53.0 Å². The molecule has 0 fully saturated rings. The summed E-state index contributed by atoms with van der Waals surface area (Å²) in [5.41, 5.74) is 6.99. The number of carbonyl (C=O) groups is 1. The number of anilines is 1. The number of ether oxygens (including phenoxy) is 1.